The number of amides is 2. The molecule has 2 N–H and O–H groups in total. The number of carbonyl (C=O) groups is 2. The van der Waals surface area contributed by atoms with E-state index in [1.165, 1.54) is 18.5 Å². The van der Waals surface area contributed by atoms with Crippen molar-refractivity contribution in [3.63, 3.8) is 0 Å². The zero-order valence-corrected chi connectivity index (χ0v) is 13.7. The van der Waals surface area contributed by atoms with Gasteiger partial charge in [0.2, 0.25) is 0 Å². The molecule has 0 aliphatic heterocycles. The second-order valence-corrected chi connectivity index (χ2v) is 5.35. The number of pyridine rings is 1. The van der Waals surface area contributed by atoms with Gasteiger partial charge in [0, 0.05) is 18.5 Å². The number of aryl methyl sites for hydroxylation is 1. The highest BCUT2D eigenvalue weighted by Gasteiger charge is 2.14. The van der Waals surface area contributed by atoms with Crippen LogP contribution in [0.15, 0.2) is 53.3 Å². The fraction of sp³-hybridized carbons (Fsp3) is 0.0556. The number of hydrogen-bond donors (Lipinski definition) is 2. The van der Waals surface area contributed by atoms with Gasteiger partial charge in [0.25, 0.3) is 11.8 Å². The summed E-state index contributed by atoms with van der Waals surface area (Å²) in [5, 5.41) is 17.9. The third kappa shape index (κ3) is 3.73. The number of hydrogen-bond acceptors (Lipinski definition) is 6. The van der Waals surface area contributed by atoms with Crippen LogP contribution >= 0.6 is 0 Å². The second-order valence-electron chi connectivity index (χ2n) is 5.35. The van der Waals surface area contributed by atoms with Gasteiger partial charge in [0.15, 0.2) is 5.82 Å². The third-order valence-corrected chi connectivity index (χ3v) is 3.43. The van der Waals surface area contributed by atoms with Gasteiger partial charge in [-0.3, -0.25) is 14.6 Å². The summed E-state index contributed by atoms with van der Waals surface area (Å²) in [6, 6.07) is 11.6. The largest absolute Gasteiger partial charge is 0.360 e. The van der Waals surface area contributed by atoms with Crippen molar-refractivity contribution in [1.82, 2.24) is 10.1 Å². The molecule has 2 aromatic heterocycles. The number of nitrogens with zero attached hydrogens (tertiary/aromatic N) is 3. The molecule has 3 rings (SSSR count). The highest BCUT2D eigenvalue weighted by Crippen LogP contribution is 2.16. The van der Waals surface area contributed by atoms with E-state index in [0.717, 1.165) is 0 Å². The van der Waals surface area contributed by atoms with Crippen LogP contribution in [-0.4, -0.2) is 22.0 Å². The Morgan fingerprint density at radius 2 is 1.77 bits per heavy atom. The van der Waals surface area contributed by atoms with Gasteiger partial charge in [-0.05, 0) is 25.1 Å². The van der Waals surface area contributed by atoms with Gasteiger partial charge in [0.1, 0.15) is 11.8 Å². The lowest BCUT2D eigenvalue weighted by Gasteiger charge is -2.07. The van der Waals surface area contributed by atoms with Crippen LogP contribution < -0.4 is 10.6 Å². The fourth-order valence-electron chi connectivity index (χ4n) is 2.19. The van der Waals surface area contributed by atoms with Crippen molar-refractivity contribution in [1.29, 1.82) is 5.26 Å². The Labute approximate surface area is 148 Å². The minimum atomic E-state index is -0.480. The van der Waals surface area contributed by atoms with Crippen LogP contribution in [0.2, 0.25) is 0 Å². The molecule has 128 valence electrons. The van der Waals surface area contributed by atoms with E-state index in [1.54, 1.807) is 37.3 Å². The van der Waals surface area contributed by atoms with Crippen LogP contribution in [0.4, 0.5) is 11.5 Å². The predicted molar refractivity (Wildman–Crippen MR) is 92.5 cm³/mol. The molecule has 0 radical (unpaired) electrons. The molecular weight excluding hydrogens is 334 g/mol. The third-order valence-electron chi connectivity index (χ3n) is 3.43. The molecule has 8 heteroatoms. The second kappa shape index (κ2) is 7.27. The first-order valence-electron chi connectivity index (χ1n) is 7.57. The standard InChI is InChI=1S/C18H13N5O3/c1-11-6-16(23-26-11)22-18(25)14-7-13(9-20-10-14)17(24)21-15-5-3-2-4-12(15)8-19/h2-7,9-10H,1H3,(H,21,24)(H,22,23,25). The Balaban J connectivity index is 1.77. The van der Waals surface area contributed by atoms with Gasteiger partial charge in [-0.15, -0.1) is 0 Å². The summed E-state index contributed by atoms with van der Waals surface area (Å²) in [5.41, 5.74) is 1.09. The molecule has 2 amide bonds. The van der Waals surface area contributed by atoms with Gasteiger partial charge >= 0.3 is 0 Å². The van der Waals surface area contributed by atoms with Gasteiger partial charge in [-0.2, -0.15) is 5.26 Å². The number of nitriles is 1. The molecule has 1 aromatic carbocycles. The van der Waals surface area contributed by atoms with E-state index in [9.17, 15) is 9.59 Å². The summed E-state index contributed by atoms with van der Waals surface area (Å²) in [6.45, 7) is 1.70. The summed E-state index contributed by atoms with van der Waals surface area (Å²) in [7, 11) is 0. The quantitative estimate of drug-likeness (QED) is 0.748. The molecule has 0 spiro atoms. The molecule has 26 heavy (non-hydrogen) atoms. The Morgan fingerprint density at radius 1 is 1.08 bits per heavy atom. The Hall–Kier alpha value is -3.99. The molecule has 2 heterocycles. The first kappa shape index (κ1) is 16.9. The van der Waals surface area contributed by atoms with E-state index < -0.39 is 11.8 Å². The van der Waals surface area contributed by atoms with Crippen LogP contribution in [0, 0.1) is 18.3 Å². The van der Waals surface area contributed by atoms with E-state index >= 15 is 0 Å². The Morgan fingerprint density at radius 3 is 2.42 bits per heavy atom. The number of rotatable bonds is 4. The average molecular weight is 347 g/mol. The number of carbonyl (C=O) groups excluding carboxylic acids is 2. The molecule has 0 aliphatic rings. The van der Waals surface area contributed by atoms with Gasteiger partial charge in [-0.1, -0.05) is 17.3 Å². The molecule has 0 fully saturated rings. The van der Waals surface area contributed by atoms with Crippen LogP contribution in [0.3, 0.4) is 0 Å². The van der Waals surface area contributed by atoms with Crippen LogP contribution in [0.5, 0.6) is 0 Å². The molecular formula is C18H13N5O3. The minimum Gasteiger partial charge on any atom is -0.360 e. The zero-order valence-electron chi connectivity index (χ0n) is 13.7. The summed E-state index contributed by atoms with van der Waals surface area (Å²) in [4.78, 5) is 28.6. The zero-order chi connectivity index (χ0) is 18.5. The Bertz CT molecular complexity index is 1020. The molecule has 0 unspecified atom stereocenters. The molecule has 0 saturated carbocycles. The number of aromatic nitrogens is 2. The van der Waals surface area contributed by atoms with Crippen LogP contribution in [0.1, 0.15) is 32.0 Å². The minimum absolute atomic E-state index is 0.182. The van der Waals surface area contributed by atoms with E-state index in [-0.39, 0.29) is 16.9 Å². The Kier molecular flexibility index (Phi) is 4.71. The molecule has 3 aromatic rings. The maximum absolute atomic E-state index is 12.4. The fourth-order valence-corrected chi connectivity index (χ4v) is 2.19. The van der Waals surface area contributed by atoms with Crippen LogP contribution in [-0.2, 0) is 0 Å². The van der Waals surface area contributed by atoms with Crippen LogP contribution in [0.25, 0.3) is 0 Å². The van der Waals surface area contributed by atoms with E-state index in [1.807, 2.05) is 6.07 Å². The van der Waals surface area contributed by atoms with Gasteiger partial charge in [0.05, 0.1) is 22.4 Å². The summed E-state index contributed by atoms with van der Waals surface area (Å²) >= 11 is 0. The number of para-hydroxylation sites is 1. The maximum atomic E-state index is 12.4. The number of benzene rings is 1. The molecule has 0 bridgehead atoms. The van der Waals surface area contributed by atoms with Crippen molar-refractivity contribution in [2.75, 3.05) is 10.6 Å². The summed E-state index contributed by atoms with van der Waals surface area (Å²) < 4.78 is 4.88. The number of nitrogens with one attached hydrogen (secondary N) is 2. The van der Waals surface area contributed by atoms with E-state index in [4.69, 9.17) is 9.78 Å². The highest BCUT2D eigenvalue weighted by atomic mass is 16.5. The lowest BCUT2D eigenvalue weighted by Crippen LogP contribution is -2.16. The van der Waals surface area contributed by atoms with Gasteiger partial charge in [-0.25, -0.2) is 0 Å². The number of anilines is 2. The highest BCUT2D eigenvalue weighted by molar-refractivity contribution is 6.08. The normalized spacial score (nSPS) is 10.0. The lowest BCUT2D eigenvalue weighted by molar-refractivity contribution is 0.102. The molecule has 0 atom stereocenters. The van der Waals surface area contributed by atoms with Crippen molar-refractivity contribution in [2.24, 2.45) is 0 Å². The monoisotopic (exact) mass is 347 g/mol. The first-order chi connectivity index (χ1) is 12.6. The molecule has 0 aliphatic carbocycles. The topological polar surface area (TPSA) is 121 Å². The maximum Gasteiger partial charge on any atom is 0.258 e. The molecule has 0 saturated heterocycles. The first-order valence-corrected chi connectivity index (χ1v) is 7.57. The molecule has 8 nitrogen and oxygen atoms in total. The van der Waals surface area contributed by atoms with Crippen molar-refractivity contribution < 1.29 is 14.1 Å². The van der Waals surface area contributed by atoms with Crippen molar-refractivity contribution in [3.05, 3.63) is 71.2 Å². The lowest BCUT2D eigenvalue weighted by atomic mass is 10.1. The summed E-state index contributed by atoms with van der Waals surface area (Å²) in [6.07, 6.45) is 2.67. The predicted octanol–water partition coefficient (Wildman–Crippen LogP) is 2.75. The SMILES string of the molecule is Cc1cc(NC(=O)c2cncc(C(=O)Nc3ccccc3C#N)c2)no1. The van der Waals surface area contributed by atoms with E-state index in [2.05, 4.69) is 20.8 Å². The van der Waals surface area contributed by atoms with Crippen molar-refractivity contribution in [3.8, 4) is 6.07 Å². The van der Waals surface area contributed by atoms with Crippen molar-refractivity contribution in [2.45, 2.75) is 6.92 Å². The average Bonchev–Trinajstić information content (AvgIpc) is 3.07. The van der Waals surface area contributed by atoms with Gasteiger partial charge < -0.3 is 15.2 Å². The van der Waals surface area contributed by atoms with Crippen molar-refractivity contribution >= 4 is 23.3 Å². The van der Waals surface area contributed by atoms with E-state index in [0.29, 0.717) is 17.0 Å². The smallest absolute Gasteiger partial charge is 0.258 e. The summed E-state index contributed by atoms with van der Waals surface area (Å²) in [5.74, 6) is -0.127.